The molecule has 3 aromatic heterocycles. The Labute approximate surface area is 116 Å². The zero-order valence-electron chi connectivity index (χ0n) is 11.8. The molecule has 0 bridgehead atoms. The van der Waals surface area contributed by atoms with Crippen molar-refractivity contribution in [2.75, 3.05) is 11.9 Å². The molecular weight excluding hydrogens is 254 g/mol. The lowest BCUT2D eigenvalue weighted by Crippen LogP contribution is -2.21. The maximum absolute atomic E-state index is 4.37. The van der Waals surface area contributed by atoms with Crippen molar-refractivity contribution in [3.63, 3.8) is 0 Å². The first-order chi connectivity index (χ1) is 9.66. The summed E-state index contributed by atoms with van der Waals surface area (Å²) in [7, 11) is 1.99. The Kier molecular flexibility index (Phi) is 3.09. The Morgan fingerprint density at radius 2 is 2.20 bits per heavy atom. The van der Waals surface area contributed by atoms with E-state index in [1.165, 1.54) is 0 Å². The molecule has 0 saturated carbocycles. The summed E-state index contributed by atoms with van der Waals surface area (Å²) in [5.74, 6) is 1.80. The number of fused-ring (bicyclic) bond motifs is 1. The second-order valence-electron chi connectivity index (χ2n) is 5.04. The zero-order chi connectivity index (χ0) is 14.1. The molecule has 0 aliphatic rings. The standard InChI is InChI=1S/C13H17N7/c1-9(2)20-8-17-18-11(20)6-19(3)13-10-4-5-14-12(10)15-7-16-13/h4-5,7-9H,6H2,1-3H3,(H,14,15,16). The van der Waals surface area contributed by atoms with E-state index in [4.69, 9.17) is 0 Å². The Bertz CT molecular complexity index is 712. The fourth-order valence-corrected chi connectivity index (χ4v) is 2.26. The smallest absolute Gasteiger partial charge is 0.152 e. The first-order valence-electron chi connectivity index (χ1n) is 6.54. The number of aromatic amines is 1. The van der Waals surface area contributed by atoms with Gasteiger partial charge in [0.15, 0.2) is 5.82 Å². The van der Waals surface area contributed by atoms with E-state index < -0.39 is 0 Å². The van der Waals surface area contributed by atoms with Gasteiger partial charge in [0.25, 0.3) is 0 Å². The third kappa shape index (κ3) is 2.11. The minimum atomic E-state index is 0.339. The third-order valence-electron chi connectivity index (χ3n) is 3.28. The summed E-state index contributed by atoms with van der Waals surface area (Å²) in [5.41, 5.74) is 0.840. The summed E-state index contributed by atoms with van der Waals surface area (Å²) in [5, 5.41) is 9.19. The third-order valence-corrected chi connectivity index (χ3v) is 3.28. The summed E-state index contributed by atoms with van der Waals surface area (Å²) in [6, 6.07) is 2.32. The van der Waals surface area contributed by atoms with Crippen LogP contribution in [-0.2, 0) is 6.54 Å². The van der Waals surface area contributed by atoms with E-state index in [0.29, 0.717) is 12.6 Å². The molecule has 7 heteroatoms. The minimum absolute atomic E-state index is 0.339. The van der Waals surface area contributed by atoms with E-state index in [2.05, 4.69) is 48.5 Å². The van der Waals surface area contributed by atoms with Gasteiger partial charge in [0.2, 0.25) is 0 Å². The fraction of sp³-hybridized carbons (Fsp3) is 0.385. The van der Waals surface area contributed by atoms with Crippen LogP contribution in [0, 0.1) is 0 Å². The molecule has 1 N–H and O–H groups in total. The predicted molar refractivity (Wildman–Crippen MR) is 76.4 cm³/mol. The van der Waals surface area contributed by atoms with Crippen molar-refractivity contribution in [2.24, 2.45) is 0 Å². The number of rotatable bonds is 4. The van der Waals surface area contributed by atoms with Crippen molar-refractivity contribution < 1.29 is 0 Å². The van der Waals surface area contributed by atoms with Crippen LogP contribution >= 0.6 is 0 Å². The first kappa shape index (κ1) is 12.6. The van der Waals surface area contributed by atoms with Crippen LogP contribution in [0.4, 0.5) is 5.82 Å². The van der Waals surface area contributed by atoms with Gasteiger partial charge >= 0.3 is 0 Å². The van der Waals surface area contributed by atoms with Gasteiger partial charge in [0.05, 0.1) is 11.9 Å². The van der Waals surface area contributed by atoms with Crippen LogP contribution in [0.25, 0.3) is 11.0 Å². The maximum Gasteiger partial charge on any atom is 0.152 e. The lowest BCUT2D eigenvalue weighted by molar-refractivity contribution is 0.564. The summed E-state index contributed by atoms with van der Waals surface area (Å²) in [6.07, 6.45) is 5.20. The van der Waals surface area contributed by atoms with Crippen LogP contribution in [0.2, 0.25) is 0 Å². The SMILES string of the molecule is CC(C)n1cnnc1CN(C)c1ncnc2[nH]ccc12. The van der Waals surface area contributed by atoms with Gasteiger partial charge in [-0.1, -0.05) is 0 Å². The van der Waals surface area contributed by atoms with Crippen molar-refractivity contribution in [1.29, 1.82) is 0 Å². The lowest BCUT2D eigenvalue weighted by Gasteiger charge is -2.19. The molecule has 20 heavy (non-hydrogen) atoms. The molecule has 0 fully saturated rings. The van der Waals surface area contributed by atoms with Crippen LogP contribution < -0.4 is 4.90 Å². The number of nitrogens with zero attached hydrogens (tertiary/aromatic N) is 6. The second-order valence-corrected chi connectivity index (χ2v) is 5.04. The maximum atomic E-state index is 4.37. The van der Waals surface area contributed by atoms with E-state index in [1.807, 2.05) is 19.3 Å². The van der Waals surface area contributed by atoms with Gasteiger partial charge in [-0.2, -0.15) is 0 Å². The van der Waals surface area contributed by atoms with Crippen LogP contribution in [0.1, 0.15) is 25.7 Å². The molecule has 0 radical (unpaired) electrons. The van der Waals surface area contributed by atoms with Crippen molar-refractivity contribution in [3.8, 4) is 0 Å². The van der Waals surface area contributed by atoms with E-state index in [9.17, 15) is 0 Å². The largest absolute Gasteiger partial charge is 0.351 e. The Balaban J connectivity index is 1.91. The second kappa shape index (κ2) is 4.92. The van der Waals surface area contributed by atoms with E-state index >= 15 is 0 Å². The Hall–Kier alpha value is -2.44. The molecule has 0 saturated heterocycles. The predicted octanol–water partition coefficient (Wildman–Crippen LogP) is 1.77. The van der Waals surface area contributed by atoms with Gasteiger partial charge in [-0.05, 0) is 19.9 Å². The van der Waals surface area contributed by atoms with Crippen LogP contribution in [0.3, 0.4) is 0 Å². The lowest BCUT2D eigenvalue weighted by atomic mass is 10.3. The molecule has 104 valence electrons. The molecule has 3 heterocycles. The molecule has 3 aromatic rings. The average Bonchev–Trinajstić information content (AvgIpc) is 3.05. The number of anilines is 1. The monoisotopic (exact) mass is 271 g/mol. The van der Waals surface area contributed by atoms with Crippen molar-refractivity contribution in [2.45, 2.75) is 26.4 Å². The van der Waals surface area contributed by atoms with Gasteiger partial charge in [0.1, 0.15) is 24.1 Å². The summed E-state index contributed by atoms with van der Waals surface area (Å²) < 4.78 is 2.06. The molecule has 0 amide bonds. The van der Waals surface area contributed by atoms with Gasteiger partial charge in [0, 0.05) is 19.3 Å². The highest BCUT2D eigenvalue weighted by Crippen LogP contribution is 2.22. The highest BCUT2D eigenvalue weighted by molar-refractivity contribution is 5.87. The van der Waals surface area contributed by atoms with Gasteiger partial charge in [-0.15, -0.1) is 10.2 Å². The van der Waals surface area contributed by atoms with E-state index in [-0.39, 0.29) is 0 Å². The minimum Gasteiger partial charge on any atom is -0.351 e. The molecule has 0 spiro atoms. The molecule has 7 nitrogen and oxygen atoms in total. The van der Waals surface area contributed by atoms with Gasteiger partial charge in [-0.25, -0.2) is 9.97 Å². The van der Waals surface area contributed by atoms with E-state index in [1.54, 1.807) is 12.7 Å². The summed E-state index contributed by atoms with van der Waals surface area (Å²) >= 11 is 0. The normalized spacial score (nSPS) is 11.4. The van der Waals surface area contributed by atoms with Crippen molar-refractivity contribution >= 4 is 16.9 Å². The Morgan fingerprint density at radius 3 is 3.00 bits per heavy atom. The Morgan fingerprint density at radius 1 is 1.35 bits per heavy atom. The van der Waals surface area contributed by atoms with Crippen molar-refractivity contribution in [1.82, 2.24) is 29.7 Å². The molecule has 3 rings (SSSR count). The highest BCUT2D eigenvalue weighted by atomic mass is 15.3. The molecule has 0 aliphatic carbocycles. The summed E-state index contributed by atoms with van der Waals surface area (Å²) in [4.78, 5) is 13.7. The fourth-order valence-electron chi connectivity index (χ4n) is 2.26. The number of aromatic nitrogens is 6. The zero-order valence-corrected chi connectivity index (χ0v) is 11.8. The van der Waals surface area contributed by atoms with Crippen molar-refractivity contribution in [3.05, 3.63) is 30.7 Å². The molecule has 0 unspecified atom stereocenters. The van der Waals surface area contributed by atoms with Crippen LogP contribution in [0.5, 0.6) is 0 Å². The first-order valence-corrected chi connectivity index (χ1v) is 6.54. The number of hydrogen-bond acceptors (Lipinski definition) is 5. The number of H-pyrrole nitrogens is 1. The summed E-state index contributed by atoms with van der Waals surface area (Å²) in [6.45, 7) is 4.87. The molecule has 0 atom stereocenters. The van der Waals surface area contributed by atoms with Crippen LogP contribution in [0.15, 0.2) is 24.9 Å². The average molecular weight is 271 g/mol. The van der Waals surface area contributed by atoms with Gasteiger partial charge in [-0.3, -0.25) is 0 Å². The van der Waals surface area contributed by atoms with E-state index in [0.717, 1.165) is 22.7 Å². The number of hydrogen-bond donors (Lipinski definition) is 1. The molecular formula is C13H17N7. The van der Waals surface area contributed by atoms with Crippen LogP contribution in [-0.4, -0.2) is 36.8 Å². The molecule has 0 aliphatic heterocycles. The molecule has 0 aromatic carbocycles. The quantitative estimate of drug-likeness (QED) is 0.782. The number of nitrogens with one attached hydrogen (secondary N) is 1. The van der Waals surface area contributed by atoms with Gasteiger partial charge < -0.3 is 14.5 Å². The highest BCUT2D eigenvalue weighted by Gasteiger charge is 2.14. The topological polar surface area (TPSA) is 75.5 Å².